The third-order valence-electron chi connectivity index (χ3n) is 3.62. The summed E-state index contributed by atoms with van der Waals surface area (Å²) in [6.45, 7) is 0.800. The SMILES string of the molecule is CN(CC(=O)Nc1c(C#N)cnn1-c1ccccc1)Cc1ccc(Cl)s1. The molecule has 0 saturated carbocycles. The molecular formula is C18H16ClN5OS. The second-order valence-corrected chi connectivity index (χ2v) is 7.49. The van der Waals surface area contributed by atoms with Crippen LogP contribution in [0.3, 0.4) is 0 Å². The van der Waals surface area contributed by atoms with Crippen LogP contribution in [-0.2, 0) is 11.3 Å². The van der Waals surface area contributed by atoms with Crippen molar-refractivity contribution in [2.24, 2.45) is 0 Å². The molecule has 0 spiro atoms. The van der Waals surface area contributed by atoms with Gasteiger partial charge >= 0.3 is 0 Å². The van der Waals surface area contributed by atoms with Gasteiger partial charge in [0.2, 0.25) is 5.91 Å². The Kier molecular flexibility index (Phi) is 5.68. The third-order valence-corrected chi connectivity index (χ3v) is 4.83. The first-order valence-electron chi connectivity index (χ1n) is 7.83. The summed E-state index contributed by atoms with van der Waals surface area (Å²) in [6.07, 6.45) is 1.44. The number of hydrogen-bond acceptors (Lipinski definition) is 5. The van der Waals surface area contributed by atoms with Crippen LogP contribution >= 0.6 is 22.9 Å². The number of likely N-dealkylation sites (N-methyl/N-ethyl adjacent to an activating group) is 1. The number of halogens is 1. The number of aromatic nitrogens is 2. The van der Waals surface area contributed by atoms with Crippen LogP contribution in [0.5, 0.6) is 0 Å². The van der Waals surface area contributed by atoms with Gasteiger partial charge in [-0.15, -0.1) is 11.3 Å². The first-order valence-corrected chi connectivity index (χ1v) is 9.02. The number of para-hydroxylation sites is 1. The first kappa shape index (κ1) is 18.1. The van der Waals surface area contributed by atoms with Crippen LogP contribution in [0.1, 0.15) is 10.4 Å². The molecule has 26 heavy (non-hydrogen) atoms. The van der Waals surface area contributed by atoms with E-state index in [0.717, 1.165) is 14.9 Å². The Morgan fingerprint density at radius 2 is 2.12 bits per heavy atom. The number of amides is 1. The van der Waals surface area contributed by atoms with Gasteiger partial charge in [-0.25, -0.2) is 4.68 Å². The van der Waals surface area contributed by atoms with E-state index < -0.39 is 0 Å². The van der Waals surface area contributed by atoms with Crippen LogP contribution in [0.25, 0.3) is 5.69 Å². The molecule has 0 radical (unpaired) electrons. The van der Waals surface area contributed by atoms with Crippen molar-refractivity contribution in [2.45, 2.75) is 6.54 Å². The van der Waals surface area contributed by atoms with Gasteiger partial charge in [0.25, 0.3) is 0 Å². The summed E-state index contributed by atoms with van der Waals surface area (Å²) in [7, 11) is 1.85. The summed E-state index contributed by atoms with van der Waals surface area (Å²) >= 11 is 7.42. The highest BCUT2D eigenvalue weighted by atomic mass is 35.5. The van der Waals surface area contributed by atoms with E-state index >= 15 is 0 Å². The van der Waals surface area contributed by atoms with Gasteiger partial charge in [-0.05, 0) is 31.3 Å². The number of anilines is 1. The van der Waals surface area contributed by atoms with Gasteiger partial charge in [0, 0.05) is 11.4 Å². The topological polar surface area (TPSA) is 74.0 Å². The maximum Gasteiger partial charge on any atom is 0.239 e. The Labute approximate surface area is 160 Å². The fourth-order valence-corrected chi connectivity index (χ4v) is 3.66. The highest BCUT2D eigenvalue weighted by Gasteiger charge is 2.16. The van der Waals surface area contributed by atoms with Crippen molar-refractivity contribution in [3.8, 4) is 11.8 Å². The summed E-state index contributed by atoms with van der Waals surface area (Å²) in [5.41, 5.74) is 1.08. The minimum Gasteiger partial charge on any atom is -0.308 e. The van der Waals surface area contributed by atoms with E-state index in [1.807, 2.05) is 54.4 Å². The molecule has 6 nitrogen and oxygen atoms in total. The largest absolute Gasteiger partial charge is 0.308 e. The van der Waals surface area contributed by atoms with E-state index in [1.165, 1.54) is 17.5 Å². The minimum absolute atomic E-state index is 0.181. The molecule has 0 aliphatic carbocycles. The van der Waals surface area contributed by atoms with Crippen LogP contribution in [0.15, 0.2) is 48.7 Å². The average Bonchev–Trinajstić information content (AvgIpc) is 3.21. The molecule has 3 aromatic rings. The van der Waals surface area contributed by atoms with Crippen molar-refractivity contribution < 1.29 is 4.79 Å². The molecule has 0 bridgehead atoms. The Morgan fingerprint density at radius 3 is 2.77 bits per heavy atom. The molecule has 2 heterocycles. The van der Waals surface area contributed by atoms with Crippen LogP contribution in [0.4, 0.5) is 5.82 Å². The van der Waals surface area contributed by atoms with Gasteiger partial charge in [-0.1, -0.05) is 29.8 Å². The van der Waals surface area contributed by atoms with Crippen molar-refractivity contribution in [1.29, 1.82) is 5.26 Å². The Hall–Kier alpha value is -2.66. The normalized spacial score (nSPS) is 10.7. The van der Waals surface area contributed by atoms with Crippen molar-refractivity contribution in [1.82, 2.24) is 14.7 Å². The number of carbonyl (C=O) groups excluding carboxylic acids is 1. The molecule has 1 aromatic carbocycles. The van der Waals surface area contributed by atoms with Crippen molar-refractivity contribution in [3.05, 3.63) is 63.4 Å². The van der Waals surface area contributed by atoms with E-state index in [1.54, 1.807) is 4.68 Å². The molecular weight excluding hydrogens is 370 g/mol. The average molecular weight is 386 g/mol. The van der Waals surface area contributed by atoms with E-state index in [0.29, 0.717) is 17.9 Å². The Morgan fingerprint density at radius 1 is 1.35 bits per heavy atom. The number of carbonyl (C=O) groups is 1. The highest BCUT2D eigenvalue weighted by Crippen LogP contribution is 2.22. The van der Waals surface area contributed by atoms with E-state index in [2.05, 4.69) is 16.5 Å². The van der Waals surface area contributed by atoms with Gasteiger partial charge in [0.1, 0.15) is 11.6 Å². The Bertz CT molecular complexity index is 944. The van der Waals surface area contributed by atoms with Crippen LogP contribution in [0, 0.1) is 11.3 Å². The molecule has 0 atom stereocenters. The lowest BCUT2D eigenvalue weighted by molar-refractivity contribution is -0.117. The second-order valence-electron chi connectivity index (χ2n) is 5.69. The summed E-state index contributed by atoms with van der Waals surface area (Å²) in [6, 6.07) is 15.2. The quantitative estimate of drug-likeness (QED) is 0.704. The molecule has 132 valence electrons. The number of thiophene rings is 1. The molecule has 0 fully saturated rings. The van der Waals surface area contributed by atoms with Gasteiger partial charge in [0.15, 0.2) is 5.82 Å². The first-order chi connectivity index (χ1) is 12.6. The number of nitriles is 1. The smallest absolute Gasteiger partial charge is 0.239 e. The molecule has 8 heteroatoms. The molecule has 3 rings (SSSR count). The number of nitrogens with zero attached hydrogens (tertiary/aromatic N) is 4. The molecule has 1 amide bonds. The monoisotopic (exact) mass is 385 g/mol. The fraction of sp³-hybridized carbons (Fsp3) is 0.167. The van der Waals surface area contributed by atoms with Gasteiger partial charge in [0.05, 0.1) is 22.8 Å². The van der Waals surface area contributed by atoms with Gasteiger partial charge in [-0.3, -0.25) is 9.69 Å². The molecule has 0 unspecified atom stereocenters. The maximum absolute atomic E-state index is 12.4. The van der Waals surface area contributed by atoms with Gasteiger partial charge in [-0.2, -0.15) is 10.4 Å². The van der Waals surface area contributed by atoms with Crippen molar-refractivity contribution in [2.75, 3.05) is 18.9 Å². The van der Waals surface area contributed by atoms with E-state index in [9.17, 15) is 10.1 Å². The zero-order valence-corrected chi connectivity index (χ0v) is 15.6. The molecule has 1 N–H and O–H groups in total. The molecule has 0 aliphatic rings. The lowest BCUT2D eigenvalue weighted by Gasteiger charge is -2.16. The lowest BCUT2D eigenvalue weighted by Crippen LogP contribution is -2.30. The summed E-state index contributed by atoms with van der Waals surface area (Å²) in [5, 5.41) is 16.3. The summed E-state index contributed by atoms with van der Waals surface area (Å²) in [4.78, 5) is 15.4. The van der Waals surface area contributed by atoms with Crippen LogP contribution in [-0.4, -0.2) is 34.2 Å². The zero-order valence-electron chi connectivity index (χ0n) is 14.0. The molecule has 0 saturated heterocycles. The van der Waals surface area contributed by atoms with Gasteiger partial charge < -0.3 is 5.32 Å². The highest BCUT2D eigenvalue weighted by molar-refractivity contribution is 7.16. The van der Waals surface area contributed by atoms with Crippen molar-refractivity contribution in [3.63, 3.8) is 0 Å². The maximum atomic E-state index is 12.4. The van der Waals surface area contributed by atoms with E-state index in [4.69, 9.17) is 11.6 Å². The third kappa shape index (κ3) is 4.29. The Balaban J connectivity index is 1.71. The summed E-state index contributed by atoms with van der Waals surface area (Å²) < 4.78 is 2.28. The van der Waals surface area contributed by atoms with Crippen LogP contribution in [0.2, 0.25) is 4.34 Å². The molecule has 0 aliphatic heterocycles. The number of hydrogen-bond donors (Lipinski definition) is 1. The predicted octanol–water partition coefficient (Wildman–Crippen LogP) is 3.53. The zero-order chi connectivity index (χ0) is 18.5. The lowest BCUT2D eigenvalue weighted by atomic mass is 10.3. The summed E-state index contributed by atoms with van der Waals surface area (Å²) in [5.74, 6) is 0.153. The molecule has 2 aromatic heterocycles. The minimum atomic E-state index is -0.218. The predicted molar refractivity (Wildman–Crippen MR) is 103 cm³/mol. The van der Waals surface area contributed by atoms with E-state index in [-0.39, 0.29) is 12.5 Å². The number of rotatable bonds is 6. The number of benzene rings is 1. The second kappa shape index (κ2) is 8.15. The standard InChI is InChI=1S/C18H16ClN5OS/c1-23(11-15-7-8-16(19)26-15)12-17(25)22-18-13(9-20)10-21-24(18)14-5-3-2-4-6-14/h2-8,10H,11-12H2,1H3,(H,22,25). The van der Waals surface area contributed by atoms with Crippen LogP contribution < -0.4 is 5.32 Å². The fourth-order valence-electron chi connectivity index (χ4n) is 2.49. The van der Waals surface area contributed by atoms with Crippen molar-refractivity contribution >= 4 is 34.7 Å². The number of nitrogens with one attached hydrogen (secondary N) is 1.